The molecule has 0 aliphatic heterocycles. The molecule has 0 aromatic heterocycles. The standard InChI is InChI=1S/C12H27NS/c1-5-6-7-8-12(2,3)11-13-9-10-14-4/h13H,5-11H2,1-4H3. The van der Waals surface area contributed by atoms with E-state index < -0.39 is 0 Å². The molecule has 0 saturated carbocycles. The number of hydrogen-bond donors (Lipinski definition) is 1. The van der Waals surface area contributed by atoms with Gasteiger partial charge < -0.3 is 5.32 Å². The van der Waals surface area contributed by atoms with Crippen molar-refractivity contribution in [2.24, 2.45) is 5.41 Å². The fourth-order valence-corrected chi connectivity index (χ4v) is 1.89. The second-order valence-corrected chi connectivity index (χ2v) is 5.78. The van der Waals surface area contributed by atoms with Crippen molar-refractivity contribution in [2.45, 2.75) is 46.5 Å². The molecule has 0 aliphatic rings. The molecule has 0 radical (unpaired) electrons. The highest BCUT2D eigenvalue weighted by Gasteiger charge is 2.15. The Morgan fingerprint density at radius 3 is 2.50 bits per heavy atom. The molecule has 86 valence electrons. The maximum Gasteiger partial charge on any atom is 0.00553 e. The van der Waals surface area contributed by atoms with Crippen LogP contribution in [-0.2, 0) is 0 Å². The third kappa shape index (κ3) is 8.89. The van der Waals surface area contributed by atoms with Gasteiger partial charge in [0.05, 0.1) is 0 Å². The molecule has 0 rings (SSSR count). The van der Waals surface area contributed by atoms with Crippen molar-refractivity contribution in [1.29, 1.82) is 0 Å². The van der Waals surface area contributed by atoms with Crippen LogP contribution in [0.2, 0.25) is 0 Å². The zero-order valence-corrected chi connectivity index (χ0v) is 11.2. The zero-order valence-electron chi connectivity index (χ0n) is 10.4. The summed E-state index contributed by atoms with van der Waals surface area (Å²) in [5, 5.41) is 3.53. The average molecular weight is 217 g/mol. The summed E-state index contributed by atoms with van der Waals surface area (Å²) in [5.41, 5.74) is 0.480. The highest BCUT2D eigenvalue weighted by atomic mass is 32.2. The van der Waals surface area contributed by atoms with Gasteiger partial charge in [0.25, 0.3) is 0 Å². The van der Waals surface area contributed by atoms with Crippen LogP contribution in [0.5, 0.6) is 0 Å². The van der Waals surface area contributed by atoms with Gasteiger partial charge in [-0.1, -0.05) is 40.0 Å². The molecule has 0 spiro atoms. The molecule has 0 aromatic rings. The van der Waals surface area contributed by atoms with Crippen molar-refractivity contribution in [1.82, 2.24) is 5.32 Å². The van der Waals surface area contributed by atoms with Gasteiger partial charge in [-0.2, -0.15) is 11.8 Å². The summed E-state index contributed by atoms with van der Waals surface area (Å²) < 4.78 is 0. The molecule has 0 aliphatic carbocycles. The van der Waals surface area contributed by atoms with Gasteiger partial charge in [0.2, 0.25) is 0 Å². The minimum atomic E-state index is 0.480. The second-order valence-electron chi connectivity index (χ2n) is 4.79. The molecule has 1 nitrogen and oxygen atoms in total. The van der Waals surface area contributed by atoms with Crippen molar-refractivity contribution < 1.29 is 0 Å². The molecular weight excluding hydrogens is 190 g/mol. The number of unbranched alkanes of at least 4 members (excludes halogenated alkanes) is 2. The van der Waals surface area contributed by atoms with E-state index in [9.17, 15) is 0 Å². The summed E-state index contributed by atoms with van der Waals surface area (Å²) in [6, 6.07) is 0. The van der Waals surface area contributed by atoms with Crippen LogP contribution in [0, 0.1) is 5.41 Å². The SMILES string of the molecule is CCCCCC(C)(C)CNCCSC. The van der Waals surface area contributed by atoms with Crippen LogP contribution < -0.4 is 5.32 Å². The quantitative estimate of drug-likeness (QED) is 0.593. The largest absolute Gasteiger partial charge is 0.315 e. The number of hydrogen-bond acceptors (Lipinski definition) is 2. The molecule has 14 heavy (non-hydrogen) atoms. The first-order valence-corrected chi connectivity index (χ1v) is 7.21. The monoisotopic (exact) mass is 217 g/mol. The first-order valence-electron chi connectivity index (χ1n) is 5.82. The van der Waals surface area contributed by atoms with Crippen molar-refractivity contribution in [3.8, 4) is 0 Å². The molecule has 0 fully saturated rings. The normalized spacial score (nSPS) is 12.0. The second kappa shape index (κ2) is 8.60. The average Bonchev–Trinajstić information content (AvgIpc) is 2.13. The third-order valence-corrected chi connectivity index (χ3v) is 3.16. The van der Waals surface area contributed by atoms with E-state index in [4.69, 9.17) is 0 Å². The van der Waals surface area contributed by atoms with E-state index in [1.807, 2.05) is 11.8 Å². The van der Waals surface area contributed by atoms with Gasteiger partial charge >= 0.3 is 0 Å². The molecule has 0 aromatic carbocycles. The van der Waals surface area contributed by atoms with E-state index in [1.54, 1.807) is 0 Å². The first-order chi connectivity index (χ1) is 6.62. The summed E-state index contributed by atoms with van der Waals surface area (Å²) in [4.78, 5) is 0. The lowest BCUT2D eigenvalue weighted by atomic mass is 9.87. The van der Waals surface area contributed by atoms with Gasteiger partial charge in [0.1, 0.15) is 0 Å². The molecule has 1 N–H and O–H groups in total. The Bertz CT molecular complexity index is 123. The minimum absolute atomic E-state index is 0.480. The summed E-state index contributed by atoms with van der Waals surface area (Å²) in [6.07, 6.45) is 7.61. The number of nitrogens with one attached hydrogen (secondary N) is 1. The van der Waals surface area contributed by atoms with Crippen LogP contribution in [0.3, 0.4) is 0 Å². The fourth-order valence-electron chi connectivity index (χ4n) is 1.54. The minimum Gasteiger partial charge on any atom is -0.315 e. The van der Waals surface area contributed by atoms with Gasteiger partial charge in [-0.15, -0.1) is 0 Å². The van der Waals surface area contributed by atoms with E-state index in [-0.39, 0.29) is 0 Å². The Morgan fingerprint density at radius 1 is 1.21 bits per heavy atom. The van der Waals surface area contributed by atoms with Gasteiger partial charge in [-0.05, 0) is 18.1 Å². The third-order valence-electron chi connectivity index (χ3n) is 2.54. The van der Waals surface area contributed by atoms with Gasteiger partial charge in [-0.25, -0.2) is 0 Å². The Morgan fingerprint density at radius 2 is 1.93 bits per heavy atom. The van der Waals surface area contributed by atoms with E-state index in [2.05, 4.69) is 32.3 Å². The number of rotatable bonds is 9. The Labute approximate surface area is 94.4 Å². The lowest BCUT2D eigenvalue weighted by molar-refractivity contribution is 0.305. The Balaban J connectivity index is 3.40. The highest BCUT2D eigenvalue weighted by molar-refractivity contribution is 7.98. The molecule has 0 atom stereocenters. The molecule has 0 heterocycles. The predicted octanol–water partition coefficient (Wildman–Crippen LogP) is 3.55. The van der Waals surface area contributed by atoms with E-state index in [1.165, 1.54) is 31.4 Å². The Kier molecular flexibility index (Phi) is 8.80. The molecular formula is C12H27NS. The smallest absolute Gasteiger partial charge is 0.00553 e. The van der Waals surface area contributed by atoms with Crippen LogP contribution in [0.15, 0.2) is 0 Å². The first kappa shape index (κ1) is 14.3. The number of thioether (sulfide) groups is 1. The van der Waals surface area contributed by atoms with Crippen LogP contribution >= 0.6 is 11.8 Å². The molecule has 0 amide bonds. The lowest BCUT2D eigenvalue weighted by Crippen LogP contribution is -2.30. The summed E-state index contributed by atoms with van der Waals surface area (Å²) >= 11 is 1.91. The van der Waals surface area contributed by atoms with E-state index >= 15 is 0 Å². The Hall–Kier alpha value is 0.310. The van der Waals surface area contributed by atoms with Gasteiger partial charge in [-0.3, -0.25) is 0 Å². The molecule has 0 bridgehead atoms. The van der Waals surface area contributed by atoms with E-state index in [0.717, 1.165) is 13.1 Å². The van der Waals surface area contributed by atoms with Crippen LogP contribution in [0.4, 0.5) is 0 Å². The summed E-state index contributed by atoms with van der Waals surface area (Å²) in [7, 11) is 0. The van der Waals surface area contributed by atoms with Crippen molar-refractivity contribution in [2.75, 3.05) is 25.1 Å². The van der Waals surface area contributed by atoms with Crippen LogP contribution in [0.1, 0.15) is 46.5 Å². The van der Waals surface area contributed by atoms with Gasteiger partial charge in [0, 0.05) is 18.8 Å². The molecule has 0 unspecified atom stereocenters. The maximum atomic E-state index is 3.53. The van der Waals surface area contributed by atoms with Crippen LogP contribution in [-0.4, -0.2) is 25.1 Å². The van der Waals surface area contributed by atoms with Crippen molar-refractivity contribution >= 4 is 11.8 Å². The van der Waals surface area contributed by atoms with E-state index in [0.29, 0.717) is 5.41 Å². The predicted molar refractivity (Wildman–Crippen MR) is 69.2 cm³/mol. The summed E-state index contributed by atoms with van der Waals surface area (Å²) in [6.45, 7) is 9.32. The fraction of sp³-hybridized carbons (Fsp3) is 1.00. The van der Waals surface area contributed by atoms with Crippen molar-refractivity contribution in [3.05, 3.63) is 0 Å². The maximum absolute atomic E-state index is 3.53. The molecule has 0 saturated heterocycles. The van der Waals surface area contributed by atoms with Gasteiger partial charge in [0.15, 0.2) is 0 Å². The van der Waals surface area contributed by atoms with Crippen molar-refractivity contribution in [3.63, 3.8) is 0 Å². The molecule has 2 heteroatoms. The topological polar surface area (TPSA) is 12.0 Å². The lowest BCUT2D eigenvalue weighted by Gasteiger charge is -2.25. The van der Waals surface area contributed by atoms with Crippen LogP contribution in [0.25, 0.3) is 0 Å². The summed E-state index contributed by atoms with van der Waals surface area (Å²) in [5.74, 6) is 1.23. The zero-order chi connectivity index (χ0) is 10.9. The highest BCUT2D eigenvalue weighted by Crippen LogP contribution is 2.22.